The first-order valence-electron chi connectivity index (χ1n) is 10.8. The molecule has 4 aromatic rings. The minimum atomic E-state index is -4.76. The highest BCUT2D eigenvalue weighted by Gasteiger charge is 2.31. The molecule has 0 aliphatic carbocycles. The molecule has 0 bridgehead atoms. The zero-order chi connectivity index (χ0) is 25.7. The van der Waals surface area contributed by atoms with E-state index in [0.29, 0.717) is 33.8 Å². The summed E-state index contributed by atoms with van der Waals surface area (Å²) in [6.07, 6.45) is -3.23. The van der Waals surface area contributed by atoms with Crippen molar-refractivity contribution in [3.8, 4) is 17.0 Å². The molecule has 0 fully saturated rings. The van der Waals surface area contributed by atoms with Crippen molar-refractivity contribution in [1.29, 1.82) is 0 Å². The first kappa shape index (κ1) is 24.7. The number of anilines is 3. The van der Waals surface area contributed by atoms with E-state index < -0.39 is 6.36 Å². The van der Waals surface area contributed by atoms with Gasteiger partial charge in [0.1, 0.15) is 5.75 Å². The van der Waals surface area contributed by atoms with Gasteiger partial charge in [-0.05, 0) is 78.7 Å². The molecule has 3 N–H and O–H groups in total. The molecule has 7 nitrogen and oxygen atoms in total. The van der Waals surface area contributed by atoms with E-state index in [0.717, 1.165) is 5.56 Å². The molecule has 0 aliphatic heterocycles. The van der Waals surface area contributed by atoms with Crippen LogP contribution in [0.5, 0.6) is 5.75 Å². The molecule has 1 heterocycles. The van der Waals surface area contributed by atoms with Gasteiger partial charge >= 0.3 is 6.36 Å². The van der Waals surface area contributed by atoms with Gasteiger partial charge in [-0.25, -0.2) is 9.97 Å². The molecule has 0 unspecified atom stereocenters. The summed E-state index contributed by atoms with van der Waals surface area (Å²) in [5, 5.41) is 15.2. The molecule has 4 rings (SSSR count). The highest BCUT2D eigenvalue weighted by molar-refractivity contribution is 6.04. The number of carbonyl (C=O) groups is 1. The average Bonchev–Trinajstić information content (AvgIpc) is 2.85. The number of aryl methyl sites for hydroxylation is 1. The second-order valence-corrected chi connectivity index (χ2v) is 7.80. The Labute approximate surface area is 204 Å². The normalized spacial score (nSPS) is 11.1. The molecule has 1 amide bonds. The first-order valence-corrected chi connectivity index (χ1v) is 10.8. The lowest BCUT2D eigenvalue weighted by molar-refractivity contribution is -0.274. The van der Waals surface area contributed by atoms with Gasteiger partial charge in [0.25, 0.3) is 5.91 Å². The maximum absolute atomic E-state index is 12.6. The number of carbonyl (C=O) groups excluding carboxylic acids is 1. The van der Waals surface area contributed by atoms with E-state index in [4.69, 9.17) is 0 Å². The number of halogens is 3. The largest absolute Gasteiger partial charge is 0.573 e. The van der Waals surface area contributed by atoms with Crippen LogP contribution in [0.2, 0.25) is 0 Å². The highest BCUT2D eigenvalue weighted by atomic mass is 19.4. The van der Waals surface area contributed by atoms with Gasteiger partial charge < -0.3 is 20.5 Å². The monoisotopic (exact) mass is 494 g/mol. The molecule has 0 radical (unpaired) electrons. The average molecular weight is 494 g/mol. The van der Waals surface area contributed by atoms with Gasteiger partial charge in [0.15, 0.2) is 0 Å². The Morgan fingerprint density at radius 1 is 1.00 bits per heavy atom. The van der Waals surface area contributed by atoms with E-state index >= 15 is 0 Å². The van der Waals surface area contributed by atoms with E-state index in [1.54, 1.807) is 42.5 Å². The van der Waals surface area contributed by atoms with E-state index in [2.05, 4.69) is 25.3 Å². The van der Waals surface area contributed by atoms with E-state index in [1.165, 1.54) is 30.5 Å². The number of alkyl halides is 3. The van der Waals surface area contributed by atoms with Gasteiger partial charge in [0.2, 0.25) is 5.95 Å². The van der Waals surface area contributed by atoms with Crippen molar-refractivity contribution in [2.75, 3.05) is 10.6 Å². The van der Waals surface area contributed by atoms with Crippen LogP contribution < -0.4 is 15.4 Å². The lowest BCUT2D eigenvalue weighted by Gasteiger charge is -2.11. The predicted molar refractivity (Wildman–Crippen MR) is 129 cm³/mol. The van der Waals surface area contributed by atoms with Crippen LogP contribution in [0.25, 0.3) is 11.3 Å². The van der Waals surface area contributed by atoms with E-state index in [-0.39, 0.29) is 24.2 Å². The van der Waals surface area contributed by atoms with Gasteiger partial charge in [-0.1, -0.05) is 12.1 Å². The number of benzene rings is 3. The van der Waals surface area contributed by atoms with Crippen LogP contribution in [0.1, 0.15) is 21.5 Å². The number of aliphatic hydroxyl groups is 1. The van der Waals surface area contributed by atoms with Crippen LogP contribution in [0.3, 0.4) is 0 Å². The molecule has 0 aliphatic rings. The van der Waals surface area contributed by atoms with Crippen LogP contribution in [-0.4, -0.2) is 27.3 Å². The summed E-state index contributed by atoms with van der Waals surface area (Å²) in [6.45, 7) is 1.74. The van der Waals surface area contributed by atoms with E-state index in [1.807, 2.05) is 13.0 Å². The van der Waals surface area contributed by atoms with Crippen LogP contribution in [-0.2, 0) is 6.61 Å². The maximum Gasteiger partial charge on any atom is 0.573 e. The smallest absolute Gasteiger partial charge is 0.406 e. The number of hydrogen-bond donors (Lipinski definition) is 3. The molecule has 1 aromatic heterocycles. The van der Waals surface area contributed by atoms with Crippen LogP contribution >= 0.6 is 0 Å². The number of amides is 1. The number of nitrogens with zero attached hydrogens (tertiary/aromatic N) is 2. The van der Waals surface area contributed by atoms with Crippen molar-refractivity contribution in [3.05, 3.63) is 95.7 Å². The lowest BCUT2D eigenvalue weighted by Crippen LogP contribution is -2.16. The summed E-state index contributed by atoms with van der Waals surface area (Å²) in [6, 6.07) is 19.0. The number of ether oxygens (including phenoxy) is 1. The van der Waals surface area contributed by atoms with Gasteiger partial charge in [0.05, 0.1) is 12.3 Å². The Bertz CT molecular complexity index is 1360. The van der Waals surface area contributed by atoms with E-state index in [9.17, 15) is 23.1 Å². The van der Waals surface area contributed by atoms with Crippen LogP contribution in [0, 0.1) is 6.92 Å². The van der Waals surface area contributed by atoms with Gasteiger partial charge in [-0.2, -0.15) is 0 Å². The SMILES string of the molecule is Cc1ccc(CO)cc1NC(=O)c1ccc(Nc2nccc(-c3ccc(OC(F)(F)F)cc3)n2)cc1. The summed E-state index contributed by atoms with van der Waals surface area (Å²) >= 11 is 0. The molecule has 184 valence electrons. The second kappa shape index (κ2) is 10.4. The Hall–Kier alpha value is -4.44. The summed E-state index contributed by atoms with van der Waals surface area (Å²) in [5.74, 6) is -0.341. The minimum absolute atomic E-state index is 0.120. The number of hydrogen-bond acceptors (Lipinski definition) is 6. The van der Waals surface area contributed by atoms with Crippen molar-refractivity contribution >= 4 is 23.2 Å². The summed E-state index contributed by atoms with van der Waals surface area (Å²) in [7, 11) is 0. The van der Waals surface area contributed by atoms with Crippen molar-refractivity contribution in [2.24, 2.45) is 0 Å². The number of aliphatic hydroxyl groups excluding tert-OH is 1. The standard InChI is InChI=1S/C26H21F3N4O3/c1-16-2-3-17(15-34)14-23(16)32-24(35)19-4-8-20(9-5-19)31-25-30-13-12-22(33-25)18-6-10-21(11-7-18)36-26(27,28)29/h2-14,34H,15H2,1H3,(H,32,35)(H,30,31,33). The maximum atomic E-state index is 12.6. The highest BCUT2D eigenvalue weighted by Crippen LogP contribution is 2.26. The minimum Gasteiger partial charge on any atom is -0.406 e. The van der Waals surface area contributed by atoms with Gasteiger partial charge in [-0.15, -0.1) is 13.2 Å². The fraction of sp³-hybridized carbons (Fsp3) is 0.115. The molecular formula is C26H21F3N4O3. The third-order valence-corrected chi connectivity index (χ3v) is 5.18. The summed E-state index contributed by atoms with van der Waals surface area (Å²) in [5.41, 5.74) is 4.35. The Kier molecular flexibility index (Phi) is 7.16. The van der Waals surface area contributed by atoms with Crippen molar-refractivity contribution in [2.45, 2.75) is 19.9 Å². The predicted octanol–water partition coefficient (Wildman–Crippen LogP) is 5.84. The Balaban J connectivity index is 1.43. The molecule has 0 saturated carbocycles. The lowest BCUT2D eigenvalue weighted by atomic mass is 10.1. The molecule has 10 heteroatoms. The van der Waals surface area contributed by atoms with Gasteiger partial charge in [-0.3, -0.25) is 4.79 Å². The van der Waals surface area contributed by atoms with Crippen LogP contribution in [0.15, 0.2) is 79.0 Å². The quantitative estimate of drug-likeness (QED) is 0.299. The Morgan fingerprint density at radius 2 is 1.72 bits per heavy atom. The Morgan fingerprint density at radius 3 is 2.39 bits per heavy atom. The van der Waals surface area contributed by atoms with Crippen molar-refractivity contribution in [3.63, 3.8) is 0 Å². The number of aromatic nitrogens is 2. The molecular weight excluding hydrogens is 473 g/mol. The van der Waals surface area contributed by atoms with Crippen LogP contribution in [0.4, 0.5) is 30.5 Å². The van der Waals surface area contributed by atoms with Crippen molar-refractivity contribution < 1.29 is 27.8 Å². The number of nitrogens with one attached hydrogen (secondary N) is 2. The number of rotatable bonds is 7. The fourth-order valence-electron chi connectivity index (χ4n) is 3.34. The third-order valence-electron chi connectivity index (χ3n) is 5.18. The topological polar surface area (TPSA) is 96.4 Å². The van der Waals surface area contributed by atoms with Crippen molar-refractivity contribution in [1.82, 2.24) is 9.97 Å². The second-order valence-electron chi connectivity index (χ2n) is 7.80. The molecule has 0 spiro atoms. The first-order chi connectivity index (χ1) is 17.2. The molecule has 0 saturated heterocycles. The summed E-state index contributed by atoms with van der Waals surface area (Å²) < 4.78 is 41.0. The molecule has 0 atom stereocenters. The molecule has 3 aromatic carbocycles. The fourth-order valence-corrected chi connectivity index (χ4v) is 3.34. The summed E-state index contributed by atoms with van der Waals surface area (Å²) in [4.78, 5) is 21.2. The third kappa shape index (κ3) is 6.36. The zero-order valence-corrected chi connectivity index (χ0v) is 19.0. The molecule has 36 heavy (non-hydrogen) atoms. The van der Waals surface area contributed by atoms with Gasteiger partial charge in [0, 0.05) is 28.7 Å². The zero-order valence-electron chi connectivity index (χ0n) is 19.0.